The summed E-state index contributed by atoms with van der Waals surface area (Å²) in [7, 11) is 0. The maximum absolute atomic E-state index is 6.04. The molecule has 2 aliphatic rings. The van der Waals surface area contributed by atoms with Crippen LogP contribution in [0.4, 0.5) is 0 Å². The molecule has 0 radical (unpaired) electrons. The molecule has 1 heterocycles. The summed E-state index contributed by atoms with van der Waals surface area (Å²) in [5.74, 6) is 0.618. The Kier molecular flexibility index (Phi) is 4.91. The largest absolute Gasteiger partial charge is 0.353 e. The van der Waals surface area contributed by atoms with Crippen molar-refractivity contribution >= 4 is 22.6 Å². The first-order valence-electron chi connectivity index (χ1n) is 5.94. The lowest BCUT2D eigenvalue weighted by Crippen LogP contribution is -2.29. The standard InChI is InChI=1S/C12H19IO2/c13-8-7-10-4-3-5-11(10)15-12-6-1-2-9-14-12/h7-8,10-12H,1-6,9H2/t10-,11+,12?/m0/s1. The van der Waals surface area contributed by atoms with E-state index < -0.39 is 0 Å². The van der Waals surface area contributed by atoms with Gasteiger partial charge in [-0.3, -0.25) is 0 Å². The van der Waals surface area contributed by atoms with Crippen LogP contribution in [0, 0.1) is 5.92 Å². The van der Waals surface area contributed by atoms with Gasteiger partial charge in [-0.2, -0.15) is 0 Å². The van der Waals surface area contributed by atoms with Gasteiger partial charge >= 0.3 is 0 Å². The second-order valence-corrected chi connectivity index (χ2v) is 5.10. The molecule has 1 unspecified atom stereocenters. The molecule has 2 fully saturated rings. The Morgan fingerprint density at radius 1 is 1.13 bits per heavy atom. The van der Waals surface area contributed by atoms with E-state index in [-0.39, 0.29) is 6.29 Å². The molecular weight excluding hydrogens is 303 g/mol. The summed E-state index contributed by atoms with van der Waals surface area (Å²) in [4.78, 5) is 0. The fourth-order valence-electron chi connectivity index (χ4n) is 2.45. The van der Waals surface area contributed by atoms with Gasteiger partial charge in [-0.05, 0) is 36.2 Å². The van der Waals surface area contributed by atoms with Gasteiger partial charge in [0.2, 0.25) is 0 Å². The number of rotatable bonds is 3. The number of ether oxygens (including phenoxy) is 2. The van der Waals surface area contributed by atoms with Crippen molar-refractivity contribution in [1.82, 2.24) is 0 Å². The van der Waals surface area contributed by atoms with Gasteiger partial charge in [-0.25, -0.2) is 0 Å². The SMILES string of the molecule is IC=C[C@@H]1CCC[C@H]1OC1CCCCO1. The first kappa shape index (κ1) is 11.9. The zero-order valence-electron chi connectivity index (χ0n) is 9.03. The molecule has 0 spiro atoms. The van der Waals surface area contributed by atoms with Crippen LogP contribution < -0.4 is 0 Å². The molecule has 0 N–H and O–H groups in total. The van der Waals surface area contributed by atoms with Crippen molar-refractivity contribution in [2.75, 3.05) is 6.61 Å². The third-order valence-electron chi connectivity index (χ3n) is 3.29. The summed E-state index contributed by atoms with van der Waals surface area (Å²) >= 11 is 2.29. The molecule has 0 aromatic rings. The number of hydrogen-bond acceptors (Lipinski definition) is 2. The highest BCUT2D eigenvalue weighted by Crippen LogP contribution is 2.31. The molecule has 0 aromatic heterocycles. The zero-order valence-corrected chi connectivity index (χ0v) is 11.2. The average molecular weight is 322 g/mol. The van der Waals surface area contributed by atoms with E-state index in [1.165, 1.54) is 32.1 Å². The van der Waals surface area contributed by atoms with Crippen LogP contribution >= 0.6 is 22.6 Å². The molecule has 0 bridgehead atoms. The first-order valence-corrected chi connectivity index (χ1v) is 7.18. The Labute approximate surface area is 106 Å². The van der Waals surface area contributed by atoms with Crippen LogP contribution in [0.3, 0.4) is 0 Å². The maximum atomic E-state index is 6.04. The van der Waals surface area contributed by atoms with Crippen molar-refractivity contribution in [1.29, 1.82) is 0 Å². The topological polar surface area (TPSA) is 18.5 Å². The van der Waals surface area contributed by atoms with E-state index in [1.54, 1.807) is 0 Å². The van der Waals surface area contributed by atoms with E-state index in [1.807, 2.05) is 0 Å². The van der Waals surface area contributed by atoms with Crippen LogP contribution in [0.15, 0.2) is 10.2 Å². The van der Waals surface area contributed by atoms with E-state index in [0.29, 0.717) is 12.0 Å². The third-order valence-corrected chi connectivity index (χ3v) is 3.70. The van der Waals surface area contributed by atoms with Gasteiger partial charge in [0, 0.05) is 12.5 Å². The van der Waals surface area contributed by atoms with Crippen LogP contribution in [0.1, 0.15) is 38.5 Å². The van der Waals surface area contributed by atoms with Crippen molar-refractivity contribution in [2.45, 2.75) is 50.9 Å². The van der Waals surface area contributed by atoms with Gasteiger partial charge in [0.15, 0.2) is 6.29 Å². The molecule has 3 heteroatoms. The van der Waals surface area contributed by atoms with Gasteiger partial charge in [0.1, 0.15) is 0 Å². The summed E-state index contributed by atoms with van der Waals surface area (Å²) in [6.07, 6.45) is 10.1. The second-order valence-electron chi connectivity index (χ2n) is 4.38. The molecule has 2 rings (SSSR count). The van der Waals surface area contributed by atoms with Crippen molar-refractivity contribution in [3.05, 3.63) is 10.2 Å². The molecule has 1 aliphatic heterocycles. The predicted octanol–water partition coefficient (Wildman–Crippen LogP) is 3.65. The van der Waals surface area contributed by atoms with E-state index in [9.17, 15) is 0 Å². The van der Waals surface area contributed by atoms with Crippen LogP contribution in [-0.2, 0) is 9.47 Å². The quantitative estimate of drug-likeness (QED) is 0.739. The molecule has 0 amide bonds. The Bertz CT molecular complexity index is 212. The Morgan fingerprint density at radius 2 is 2.07 bits per heavy atom. The van der Waals surface area contributed by atoms with Crippen molar-refractivity contribution in [2.24, 2.45) is 5.92 Å². The lowest BCUT2D eigenvalue weighted by atomic mass is 10.1. The van der Waals surface area contributed by atoms with Crippen LogP contribution in [0.5, 0.6) is 0 Å². The first-order chi connectivity index (χ1) is 7.40. The molecule has 15 heavy (non-hydrogen) atoms. The molecule has 1 aliphatic carbocycles. The lowest BCUT2D eigenvalue weighted by molar-refractivity contribution is -0.191. The third kappa shape index (κ3) is 3.43. The summed E-state index contributed by atoms with van der Waals surface area (Å²) in [5, 5.41) is 0. The average Bonchev–Trinajstić information content (AvgIpc) is 2.68. The van der Waals surface area contributed by atoms with Crippen LogP contribution in [-0.4, -0.2) is 19.0 Å². The fraction of sp³-hybridized carbons (Fsp3) is 0.833. The second kappa shape index (κ2) is 6.21. The highest BCUT2D eigenvalue weighted by molar-refractivity contribution is 14.1. The molecule has 0 aromatic carbocycles. The molecule has 1 saturated carbocycles. The minimum atomic E-state index is 0.0759. The minimum Gasteiger partial charge on any atom is -0.353 e. The fourth-order valence-corrected chi connectivity index (χ4v) is 2.98. The lowest BCUT2D eigenvalue weighted by Gasteiger charge is -2.27. The van der Waals surface area contributed by atoms with Gasteiger partial charge in [-0.1, -0.05) is 35.1 Å². The molecule has 86 valence electrons. The predicted molar refractivity (Wildman–Crippen MR) is 69.0 cm³/mol. The van der Waals surface area contributed by atoms with E-state index in [4.69, 9.17) is 9.47 Å². The number of halogens is 1. The van der Waals surface area contributed by atoms with Crippen LogP contribution in [0.25, 0.3) is 0 Å². The highest BCUT2D eigenvalue weighted by Gasteiger charge is 2.29. The van der Waals surface area contributed by atoms with E-state index in [0.717, 1.165) is 13.0 Å². The molecule has 3 atom stereocenters. The van der Waals surface area contributed by atoms with Crippen molar-refractivity contribution in [3.8, 4) is 0 Å². The van der Waals surface area contributed by atoms with E-state index >= 15 is 0 Å². The van der Waals surface area contributed by atoms with Gasteiger partial charge < -0.3 is 9.47 Å². The normalized spacial score (nSPS) is 37.5. The summed E-state index contributed by atoms with van der Waals surface area (Å²) < 4.78 is 13.8. The van der Waals surface area contributed by atoms with Crippen molar-refractivity contribution < 1.29 is 9.47 Å². The smallest absolute Gasteiger partial charge is 0.157 e. The molecule has 2 nitrogen and oxygen atoms in total. The highest BCUT2D eigenvalue weighted by atomic mass is 127. The summed E-state index contributed by atoms with van der Waals surface area (Å²) in [6, 6.07) is 0. The summed E-state index contributed by atoms with van der Waals surface area (Å²) in [6.45, 7) is 0.879. The van der Waals surface area contributed by atoms with E-state index in [2.05, 4.69) is 32.7 Å². The molecule has 1 saturated heterocycles. The van der Waals surface area contributed by atoms with Crippen molar-refractivity contribution in [3.63, 3.8) is 0 Å². The Morgan fingerprint density at radius 3 is 2.80 bits per heavy atom. The Balaban J connectivity index is 1.81. The minimum absolute atomic E-state index is 0.0759. The van der Waals surface area contributed by atoms with Gasteiger partial charge in [0.05, 0.1) is 6.10 Å². The number of hydrogen-bond donors (Lipinski definition) is 0. The molecular formula is C12H19IO2. The zero-order chi connectivity index (χ0) is 10.5. The summed E-state index contributed by atoms with van der Waals surface area (Å²) in [5.41, 5.74) is 0. The van der Waals surface area contributed by atoms with Gasteiger partial charge in [0.25, 0.3) is 0 Å². The Hall–Kier alpha value is 0.390. The van der Waals surface area contributed by atoms with Crippen LogP contribution in [0.2, 0.25) is 0 Å². The maximum Gasteiger partial charge on any atom is 0.157 e. The monoisotopic (exact) mass is 322 g/mol. The van der Waals surface area contributed by atoms with Gasteiger partial charge in [-0.15, -0.1) is 0 Å².